The van der Waals surface area contributed by atoms with Crippen molar-refractivity contribution >= 4 is 32.8 Å². The molecule has 0 unspecified atom stereocenters. The van der Waals surface area contributed by atoms with Crippen molar-refractivity contribution in [2.24, 2.45) is 0 Å². The molecular formula is C23H25N3O5S. The number of benzene rings is 2. The number of nitrogens with one attached hydrogen (secondary N) is 1. The lowest BCUT2D eigenvalue weighted by Crippen LogP contribution is -2.43. The fourth-order valence-corrected chi connectivity index (χ4v) is 5.06. The Morgan fingerprint density at radius 1 is 1.16 bits per heavy atom. The first-order valence-corrected chi connectivity index (χ1v) is 11.7. The number of rotatable bonds is 5. The molecule has 2 aromatic carbocycles. The molecule has 1 aromatic heterocycles. The molecule has 0 bridgehead atoms. The molecule has 9 heteroatoms. The number of methoxy groups -OCH3 is 1. The van der Waals surface area contributed by atoms with Crippen molar-refractivity contribution in [2.45, 2.75) is 24.8 Å². The van der Waals surface area contributed by atoms with Crippen LogP contribution in [0.2, 0.25) is 0 Å². The topological polar surface area (TPSA) is 99.8 Å². The highest BCUT2D eigenvalue weighted by molar-refractivity contribution is 7.89. The van der Waals surface area contributed by atoms with Crippen LogP contribution in [0.25, 0.3) is 10.9 Å². The number of sulfonamides is 1. The van der Waals surface area contributed by atoms with Gasteiger partial charge in [0, 0.05) is 48.7 Å². The zero-order valence-corrected chi connectivity index (χ0v) is 19.0. The van der Waals surface area contributed by atoms with Crippen molar-refractivity contribution in [2.75, 3.05) is 27.2 Å². The van der Waals surface area contributed by atoms with Gasteiger partial charge in [-0.25, -0.2) is 13.2 Å². The van der Waals surface area contributed by atoms with E-state index in [0.717, 1.165) is 32.0 Å². The minimum absolute atomic E-state index is 0.159. The first kappa shape index (κ1) is 22.0. The average molecular weight is 456 g/mol. The molecule has 168 valence electrons. The highest BCUT2D eigenvalue weighted by Crippen LogP contribution is 2.29. The highest BCUT2D eigenvalue weighted by atomic mass is 32.2. The summed E-state index contributed by atoms with van der Waals surface area (Å²) in [6.45, 7) is 2.46. The quantitative estimate of drug-likeness (QED) is 0.596. The Morgan fingerprint density at radius 2 is 1.88 bits per heavy atom. The Labute approximate surface area is 186 Å². The van der Waals surface area contributed by atoms with Gasteiger partial charge in [0.2, 0.25) is 15.9 Å². The van der Waals surface area contributed by atoms with Gasteiger partial charge in [-0.2, -0.15) is 4.31 Å². The summed E-state index contributed by atoms with van der Waals surface area (Å²) in [5, 5.41) is 0.862. The van der Waals surface area contributed by atoms with Gasteiger partial charge in [-0.15, -0.1) is 0 Å². The second-order valence-corrected chi connectivity index (χ2v) is 10.0. The summed E-state index contributed by atoms with van der Waals surface area (Å²) in [6.07, 6.45) is 0.623. The third-order valence-corrected chi connectivity index (χ3v) is 7.65. The van der Waals surface area contributed by atoms with E-state index in [1.54, 1.807) is 41.3 Å². The minimum Gasteiger partial charge on any atom is -0.465 e. The van der Waals surface area contributed by atoms with Gasteiger partial charge in [-0.3, -0.25) is 4.79 Å². The van der Waals surface area contributed by atoms with Crippen molar-refractivity contribution in [3.63, 3.8) is 0 Å². The van der Waals surface area contributed by atoms with E-state index in [9.17, 15) is 18.0 Å². The van der Waals surface area contributed by atoms with Gasteiger partial charge in [0.15, 0.2) is 0 Å². The van der Waals surface area contributed by atoms with Crippen LogP contribution in [-0.2, 0) is 32.5 Å². The van der Waals surface area contributed by atoms with E-state index in [2.05, 4.69) is 4.98 Å². The number of aromatic nitrogens is 1. The molecule has 1 aliphatic rings. The molecule has 1 N–H and O–H groups in total. The van der Waals surface area contributed by atoms with Crippen molar-refractivity contribution in [1.29, 1.82) is 0 Å². The molecule has 0 aliphatic carbocycles. The fourth-order valence-electron chi connectivity index (χ4n) is 3.94. The largest absolute Gasteiger partial charge is 0.465 e. The van der Waals surface area contributed by atoms with Gasteiger partial charge < -0.3 is 14.6 Å². The number of fused-ring (bicyclic) bond motifs is 3. The summed E-state index contributed by atoms with van der Waals surface area (Å²) in [4.78, 5) is 30.0. The summed E-state index contributed by atoms with van der Waals surface area (Å²) in [6, 6.07) is 11.8. The molecule has 0 atom stereocenters. The van der Waals surface area contributed by atoms with Gasteiger partial charge in [-0.05, 0) is 37.3 Å². The third-order valence-electron chi connectivity index (χ3n) is 5.84. The second kappa shape index (κ2) is 8.40. The molecule has 8 nitrogen and oxygen atoms in total. The van der Waals surface area contributed by atoms with Gasteiger partial charge in [0.1, 0.15) is 0 Å². The number of aromatic amines is 1. The number of esters is 1. The van der Waals surface area contributed by atoms with E-state index in [0.29, 0.717) is 25.1 Å². The monoisotopic (exact) mass is 455 g/mol. The number of H-pyrrole nitrogens is 1. The van der Waals surface area contributed by atoms with E-state index in [4.69, 9.17) is 4.74 Å². The number of carbonyl (C=O) groups excluding carboxylic acids is 2. The number of amides is 1. The summed E-state index contributed by atoms with van der Waals surface area (Å²) in [5.74, 6) is -0.694. The van der Waals surface area contributed by atoms with E-state index in [-0.39, 0.29) is 17.3 Å². The van der Waals surface area contributed by atoms with E-state index < -0.39 is 16.0 Å². The van der Waals surface area contributed by atoms with Crippen LogP contribution in [0.3, 0.4) is 0 Å². The normalized spacial score (nSPS) is 13.9. The minimum atomic E-state index is -3.76. The zero-order valence-electron chi connectivity index (χ0n) is 18.2. The van der Waals surface area contributed by atoms with Crippen molar-refractivity contribution in [3.8, 4) is 0 Å². The van der Waals surface area contributed by atoms with Crippen LogP contribution in [0, 0.1) is 6.92 Å². The fraction of sp³-hybridized carbons (Fsp3) is 0.304. The number of hydrogen-bond donors (Lipinski definition) is 1. The molecule has 0 radical (unpaired) electrons. The van der Waals surface area contributed by atoms with Gasteiger partial charge in [-0.1, -0.05) is 17.7 Å². The van der Waals surface area contributed by atoms with Gasteiger partial charge in [0.25, 0.3) is 0 Å². The van der Waals surface area contributed by atoms with E-state index in [1.165, 1.54) is 14.2 Å². The third kappa shape index (κ3) is 4.01. The number of carbonyl (C=O) groups is 2. The predicted molar refractivity (Wildman–Crippen MR) is 120 cm³/mol. The van der Waals surface area contributed by atoms with Gasteiger partial charge in [0.05, 0.1) is 24.1 Å². The summed E-state index contributed by atoms with van der Waals surface area (Å²) in [7, 11) is -1.02. The van der Waals surface area contributed by atoms with Crippen LogP contribution in [0.5, 0.6) is 0 Å². The molecule has 4 rings (SSSR count). The number of ether oxygens (including phenoxy) is 1. The maximum atomic E-state index is 13.0. The molecule has 0 saturated heterocycles. The van der Waals surface area contributed by atoms with Gasteiger partial charge >= 0.3 is 5.97 Å². The number of aryl methyl sites for hydroxylation is 1. The highest BCUT2D eigenvalue weighted by Gasteiger charge is 2.28. The maximum Gasteiger partial charge on any atom is 0.337 e. The first-order valence-electron chi connectivity index (χ1n) is 10.2. The molecule has 0 spiro atoms. The van der Waals surface area contributed by atoms with E-state index >= 15 is 0 Å². The van der Waals surface area contributed by atoms with Crippen molar-refractivity contribution < 1.29 is 22.7 Å². The first-order chi connectivity index (χ1) is 15.2. The Bertz CT molecular complexity index is 1300. The molecular weight excluding hydrogens is 430 g/mol. The Morgan fingerprint density at radius 3 is 2.56 bits per heavy atom. The van der Waals surface area contributed by atoms with Crippen LogP contribution in [0.1, 0.15) is 27.2 Å². The van der Waals surface area contributed by atoms with Crippen LogP contribution in [-0.4, -0.2) is 61.7 Å². The molecule has 0 fully saturated rings. The molecule has 1 amide bonds. The Balaban J connectivity index is 1.53. The lowest BCUT2D eigenvalue weighted by Gasteiger charge is -2.29. The van der Waals surface area contributed by atoms with Crippen LogP contribution >= 0.6 is 0 Å². The number of likely N-dealkylation sites (N-methyl/N-ethyl adjacent to an activating group) is 1. The molecule has 1 aliphatic heterocycles. The Kier molecular flexibility index (Phi) is 5.79. The molecule has 2 heterocycles. The van der Waals surface area contributed by atoms with E-state index in [1.807, 2.05) is 13.0 Å². The summed E-state index contributed by atoms with van der Waals surface area (Å²) >= 11 is 0. The second-order valence-electron chi connectivity index (χ2n) is 7.97. The van der Waals surface area contributed by atoms with Crippen molar-refractivity contribution in [1.82, 2.24) is 14.2 Å². The molecule has 0 saturated carbocycles. The van der Waals surface area contributed by atoms with Crippen molar-refractivity contribution in [3.05, 3.63) is 64.8 Å². The van der Waals surface area contributed by atoms with Crippen LogP contribution < -0.4 is 0 Å². The smallest absolute Gasteiger partial charge is 0.337 e. The number of hydrogen-bond acceptors (Lipinski definition) is 5. The summed E-state index contributed by atoms with van der Waals surface area (Å²) < 4.78 is 31.6. The van der Waals surface area contributed by atoms with Crippen LogP contribution in [0.4, 0.5) is 0 Å². The molecule has 3 aromatic rings. The maximum absolute atomic E-state index is 13.0. The van der Waals surface area contributed by atoms with Crippen LogP contribution in [0.15, 0.2) is 47.4 Å². The predicted octanol–water partition coefficient (Wildman–Crippen LogP) is 2.47. The zero-order chi connectivity index (χ0) is 23.0. The SMILES string of the molecule is COC(=O)c1ccc2[nH]c3c(c2c1)CN(C(=O)CN(C)S(=O)(=O)c1ccc(C)cc1)CC3. The lowest BCUT2D eigenvalue weighted by atomic mass is 10.0. The average Bonchev–Trinajstić information content (AvgIpc) is 3.15. The Hall–Kier alpha value is -3.17. The standard InChI is InChI=1S/C23H25N3O5S/c1-15-4-7-17(8-5-15)32(29,30)25(2)14-22(27)26-11-10-21-19(13-26)18-12-16(23(28)31-3)6-9-20(18)24-21/h4-9,12,24H,10-11,13-14H2,1-3H3. The number of nitrogens with zero attached hydrogens (tertiary/aromatic N) is 2. The lowest BCUT2D eigenvalue weighted by molar-refractivity contribution is -0.132. The summed E-state index contributed by atoms with van der Waals surface area (Å²) in [5.41, 5.74) is 4.24. The molecule has 32 heavy (non-hydrogen) atoms.